The molecule has 5 atom stereocenters. The van der Waals surface area contributed by atoms with E-state index in [1.807, 2.05) is 31.2 Å². The van der Waals surface area contributed by atoms with Crippen molar-refractivity contribution in [2.75, 3.05) is 13.2 Å². The van der Waals surface area contributed by atoms with E-state index in [1.165, 1.54) is 6.07 Å². The highest BCUT2D eigenvalue weighted by molar-refractivity contribution is 6.31. The molecule has 4 N–H and O–H groups in total. The van der Waals surface area contributed by atoms with Crippen molar-refractivity contribution in [1.82, 2.24) is 0 Å². The van der Waals surface area contributed by atoms with E-state index in [0.29, 0.717) is 23.6 Å². The molecule has 0 aliphatic carbocycles. The Bertz CT molecular complexity index is 980. The molecule has 166 valence electrons. The third-order valence-corrected chi connectivity index (χ3v) is 6.12. The molecule has 2 aliphatic heterocycles. The van der Waals surface area contributed by atoms with Gasteiger partial charge in [0.1, 0.15) is 18.0 Å². The third-order valence-electron chi connectivity index (χ3n) is 5.75. The van der Waals surface area contributed by atoms with Gasteiger partial charge in [-0.15, -0.1) is 0 Å². The van der Waals surface area contributed by atoms with E-state index in [0.717, 1.165) is 11.3 Å². The fraction of sp³-hybridized carbons (Fsp3) is 0.409. The first kappa shape index (κ1) is 22.0. The number of fused-ring (bicyclic) bond motifs is 2. The maximum Gasteiger partial charge on any atom is 0.346 e. The number of aliphatic hydroxyl groups is 4. The summed E-state index contributed by atoms with van der Waals surface area (Å²) in [5.74, 6) is -2.41. The van der Waals surface area contributed by atoms with Crippen LogP contribution >= 0.6 is 11.6 Å². The quantitative estimate of drug-likeness (QED) is 0.478. The molecule has 2 fully saturated rings. The second-order valence-corrected chi connectivity index (χ2v) is 8.05. The van der Waals surface area contributed by atoms with Crippen molar-refractivity contribution < 1.29 is 39.4 Å². The minimum Gasteiger partial charge on any atom is -0.494 e. The summed E-state index contributed by atoms with van der Waals surface area (Å²) in [4.78, 5) is 12.5. The van der Waals surface area contributed by atoms with Gasteiger partial charge in [-0.3, -0.25) is 0 Å². The molecule has 2 aliphatic rings. The molecule has 8 nitrogen and oxygen atoms in total. The fourth-order valence-electron chi connectivity index (χ4n) is 4.03. The molecule has 2 aromatic rings. The highest BCUT2D eigenvalue weighted by atomic mass is 35.5. The summed E-state index contributed by atoms with van der Waals surface area (Å²) < 4.78 is 16.4. The van der Waals surface area contributed by atoms with Crippen LogP contribution in [0.1, 0.15) is 23.6 Å². The van der Waals surface area contributed by atoms with Crippen LogP contribution in [0.5, 0.6) is 5.75 Å². The first-order valence-electron chi connectivity index (χ1n) is 9.86. The lowest BCUT2D eigenvalue weighted by molar-refractivity contribution is -0.329. The lowest BCUT2D eigenvalue weighted by Gasteiger charge is -2.43. The van der Waals surface area contributed by atoms with Crippen LogP contribution in [0.3, 0.4) is 0 Å². The molecule has 4 rings (SSSR count). The first-order chi connectivity index (χ1) is 14.8. The molecular formula is C22H23ClO8. The Hall–Kier alpha value is -2.20. The SMILES string of the molecule is CCOc1ccc(Cc2cc([C@]34OC(=O)[C@](CO)(O3)[C@@H](O)[C@H](O)[C@H]4O)ccc2Cl)cc1. The second kappa shape index (κ2) is 8.05. The van der Waals surface area contributed by atoms with Crippen molar-refractivity contribution >= 4 is 17.6 Å². The highest BCUT2D eigenvalue weighted by Gasteiger charge is 2.72. The van der Waals surface area contributed by atoms with Gasteiger partial charge in [-0.25, -0.2) is 4.79 Å². The van der Waals surface area contributed by atoms with Gasteiger partial charge in [-0.2, -0.15) is 0 Å². The molecule has 9 heteroatoms. The first-order valence-corrected chi connectivity index (χ1v) is 10.2. The van der Waals surface area contributed by atoms with Gasteiger partial charge in [-0.1, -0.05) is 29.8 Å². The Labute approximate surface area is 183 Å². The number of aliphatic hydroxyl groups excluding tert-OH is 4. The molecule has 0 amide bonds. The van der Waals surface area contributed by atoms with E-state index >= 15 is 0 Å². The van der Waals surface area contributed by atoms with E-state index in [4.69, 9.17) is 25.8 Å². The van der Waals surface area contributed by atoms with Gasteiger partial charge < -0.3 is 34.6 Å². The average molecular weight is 451 g/mol. The summed E-state index contributed by atoms with van der Waals surface area (Å²) >= 11 is 6.37. The number of ether oxygens (including phenoxy) is 3. The summed E-state index contributed by atoms with van der Waals surface area (Å²) in [6, 6.07) is 12.1. The molecule has 0 saturated carbocycles. The molecule has 31 heavy (non-hydrogen) atoms. The maximum absolute atomic E-state index is 12.5. The molecular weight excluding hydrogens is 428 g/mol. The summed E-state index contributed by atoms with van der Waals surface area (Å²) in [5, 5.41) is 41.4. The molecule has 0 spiro atoms. The third kappa shape index (κ3) is 3.40. The lowest BCUT2D eigenvalue weighted by Crippen LogP contribution is -2.66. The van der Waals surface area contributed by atoms with Gasteiger partial charge >= 0.3 is 5.97 Å². The van der Waals surface area contributed by atoms with Gasteiger partial charge in [0, 0.05) is 10.6 Å². The van der Waals surface area contributed by atoms with E-state index in [1.54, 1.807) is 12.1 Å². The van der Waals surface area contributed by atoms with Crippen molar-refractivity contribution in [3.63, 3.8) is 0 Å². The Balaban J connectivity index is 1.70. The van der Waals surface area contributed by atoms with Gasteiger partial charge in [0.15, 0.2) is 6.10 Å². The highest BCUT2D eigenvalue weighted by Crippen LogP contribution is 2.50. The van der Waals surface area contributed by atoms with Crippen molar-refractivity contribution in [3.05, 3.63) is 64.2 Å². The summed E-state index contributed by atoms with van der Waals surface area (Å²) in [6.07, 6.45) is -4.99. The normalized spacial score (nSPS) is 32.1. The maximum atomic E-state index is 12.5. The standard InChI is InChI=1S/C22H23ClO8/c1-2-29-15-6-3-12(4-7-15)9-13-10-14(5-8-16(13)23)22-19(27)17(25)18(26)21(11-24,31-22)20(28)30-22/h3-8,10,17-19,24-27H,2,9,11H2,1H3/t17-,18-,19+,21+,22-/m0/s1. The van der Waals surface area contributed by atoms with E-state index in [9.17, 15) is 25.2 Å². The molecule has 2 heterocycles. The average Bonchev–Trinajstić information content (AvgIpc) is 3.06. The van der Waals surface area contributed by atoms with E-state index in [2.05, 4.69) is 0 Å². The van der Waals surface area contributed by atoms with Crippen LogP contribution in [-0.2, 0) is 26.5 Å². The molecule has 2 bridgehead atoms. The minimum absolute atomic E-state index is 0.222. The fourth-order valence-corrected chi connectivity index (χ4v) is 4.21. The number of benzene rings is 2. The lowest BCUT2D eigenvalue weighted by atomic mass is 9.83. The monoisotopic (exact) mass is 450 g/mol. The van der Waals surface area contributed by atoms with Gasteiger partial charge in [0.25, 0.3) is 5.79 Å². The zero-order valence-electron chi connectivity index (χ0n) is 16.7. The second-order valence-electron chi connectivity index (χ2n) is 7.65. The molecule has 0 unspecified atom stereocenters. The minimum atomic E-state index is -2.19. The number of halogens is 1. The zero-order chi connectivity index (χ0) is 22.4. The molecule has 0 radical (unpaired) electrons. The Kier molecular flexibility index (Phi) is 5.72. The zero-order valence-corrected chi connectivity index (χ0v) is 17.5. The van der Waals surface area contributed by atoms with Gasteiger partial charge in [-0.05, 0) is 48.7 Å². The molecule has 2 aromatic carbocycles. The van der Waals surface area contributed by atoms with Crippen molar-refractivity contribution in [2.45, 2.75) is 43.0 Å². The van der Waals surface area contributed by atoms with Crippen LogP contribution in [0.4, 0.5) is 0 Å². The van der Waals surface area contributed by atoms with E-state index in [-0.39, 0.29) is 5.56 Å². The molecule has 0 aromatic heterocycles. The van der Waals surface area contributed by atoms with Gasteiger partial charge in [0.05, 0.1) is 13.2 Å². The summed E-state index contributed by atoms with van der Waals surface area (Å²) in [5.41, 5.74) is -0.367. The number of carbonyl (C=O) groups excluding carboxylic acids is 1. The Morgan fingerprint density at radius 2 is 1.81 bits per heavy atom. The van der Waals surface area contributed by atoms with Crippen LogP contribution in [0.25, 0.3) is 0 Å². The smallest absolute Gasteiger partial charge is 0.346 e. The number of esters is 1. The van der Waals surface area contributed by atoms with Crippen LogP contribution in [0, 0.1) is 0 Å². The van der Waals surface area contributed by atoms with Crippen LogP contribution < -0.4 is 4.74 Å². The largest absolute Gasteiger partial charge is 0.494 e. The number of hydrogen-bond donors (Lipinski definition) is 4. The van der Waals surface area contributed by atoms with Crippen molar-refractivity contribution in [3.8, 4) is 5.75 Å². The Morgan fingerprint density at radius 3 is 2.45 bits per heavy atom. The Morgan fingerprint density at radius 1 is 1.10 bits per heavy atom. The van der Waals surface area contributed by atoms with Crippen molar-refractivity contribution in [2.24, 2.45) is 0 Å². The van der Waals surface area contributed by atoms with Crippen molar-refractivity contribution in [1.29, 1.82) is 0 Å². The number of hydrogen-bond acceptors (Lipinski definition) is 8. The number of rotatable bonds is 6. The summed E-state index contributed by atoms with van der Waals surface area (Å²) in [7, 11) is 0. The van der Waals surface area contributed by atoms with Crippen LogP contribution in [0.15, 0.2) is 42.5 Å². The summed E-state index contributed by atoms with van der Waals surface area (Å²) in [6.45, 7) is 1.54. The molecule has 2 saturated heterocycles. The number of carbonyl (C=O) groups is 1. The van der Waals surface area contributed by atoms with E-state index < -0.39 is 42.3 Å². The van der Waals surface area contributed by atoms with Crippen LogP contribution in [0.2, 0.25) is 5.02 Å². The van der Waals surface area contributed by atoms with Crippen LogP contribution in [-0.4, -0.2) is 63.5 Å². The predicted molar refractivity (Wildman–Crippen MR) is 109 cm³/mol. The van der Waals surface area contributed by atoms with Gasteiger partial charge in [0.2, 0.25) is 5.60 Å². The topological polar surface area (TPSA) is 126 Å². The predicted octanol–water partition coefficient (Wildman–Crippen LogP) is 0.883.